The van der Waals surface area contributed by atoms with Gasteiger partial charge in [-0.05, 0) is 30.7 Å². The molecule has 23 heavy (non-hydrogen) atoms. The number of rotatable bonds is 8. The molecule has 0 fully saturated rings. The molecule has 0 aromatic heterocycles. The number of hydrogen-bond acceptors (Lipinski definition) is 5. The summed E-state index contributed by atoms with van der Waals surface area (Å²) in [7, 11) is 2.88. The molecule has 0 aliphatic carbocycles. The standard InChI is InChI=1S/C16H20FNO5/c1-11(16(20)18-8-9-21-2)23-15(19)7-5-12-4-6-14(22-3)13(17)10-12/h4-7,10-11H,8-9H2,1-3H3,(H,18,20)/b7-5+/t11-/m0/s1. The van der Waals surface area contributed by atoms with Crippen molar-refractivity contribution in [1.29, 1.82) is 0 Å². The molecule has 126 valence electrons. The zero-order valence-electron chi connectivity index (χ0n) is 13.3. The molecule has 1 aromatic carbocycles. The van der Waals surface area contributed by atoms with Crippen molar-refractivity contribution in [3.8, 4) is 5.75 Å². The van der Waals surface area contributed by atoms with Gasteiger partial charge in [-0.2, -0.15) is 0 Å². The Morgan fingerprint density at radius 1 is 1.35 bits per heavy atom. The zero-order chi connectivity index (χ0) is 17.2. The summed E-state index contributed by atoms with van der Waals surface area (Å²) < 4.78 is 28.0. The van der Waals surface area contributed by atoms with Gasteiger partial charge in [0.1, 0.15) is 0 Å². The van der Waals surface area contributed by atoms with Crippen LogP contribution in [-0.2, 0) is 19.1 Å². The Morgan fingerprint density at radius 3 is 2.70 bits per heavy atom. The van der Waals surface area contributed by atoms with E-state index >= 15 is 0 Å². The van der Waals surface area contributed by atoms with Crippen molar-refractivity contribution in [2.24, 2.45) is 0 Å². The number of nitrogens with one attached hydrogen (secondary N) is 1. The highest BCUT2D eigenvalue weighted by Gasteiger charge is 2.15. The molecular weight excluding hydrogens is 305 g/mol. The van der Waals surface area contributed by atoms with Crippen LogP contribution in [0.4, 0.5) is 4.39 Å². The van der Waals surface area contributed by atoms with Crippen LogP contribution in [-0.4, -0.2) is 45.4 Å². The number of esters is 1. The first-order valence-corrected chi connectivity index (χ1v) is 6.96. The number of carbonyl (C=O) groups excluding carboxylic acids is 2. The number of carbonyl (C=O) groups is 2. The average Bonchev–Trinajstić information content (AvgIpc) is 2.53. The molecule has 0 bridgehead atoms. The molecule has 0 unspecified atom stereocenters. The van der Waals surface area contributed by atoms with E-state index in [9.17, 15) is 14.0 Å². The summed E-state index contributed by atoms with van der Waals surface area (Å²) >= 11 is 0. The highest BCUT2D eigenvalue weighted by Crippen LogP contribution is 2.18. The minimum Gasteiger partial charge on any atom is -0.494 e. The van der Waals surface area contributed by atoms with E-state index in [2.05, 4.69) is 5.32 Å². The Bertz CT molecular complexity index is 574. The van der Waals surface area contributed by atoms with Gasteiger partial charge >= 0.3 is 5.97 Å². The predicted molar refractivity (Wildman–Crippen MR) is 82.4 cm³/mol. The lowest BCUT2D eigenvalue weighted by Gasteiger charge is -2.11. The van der Waals surface area contributed by atoms with Gasteiger partial charge in [0.25, 0.3) is 5.91 Å². The van der Waals surface area contributed by atoms with Crippen LogP contribution in [0.1, 0.15) is 12.5 Å². The van der Waals surface area contributed by atoms with Crippen molar-refractivity contribution in [2.45, 2.75) is 13.0 Å². The normalized spacial score (nSPS) is 12.0. The van der Waals surface area contributed by atoms with Crippen LogP contribution in [0.5, 0.6) is 5.75 Å². The molecule has 0 radical (unpaired) electrons. The third-order valence-electron chi connectivity index (χ3n) is 2.86. The second-order valence-corrected chi connectivity index (χ2v) is 4.59. The van der Waals surface area contributed by atoms with Gasteiger partial charge in [0.15, 0.2) is 17.7 Å². The molecule has 0 heterocycles. The molecule has 1 rings (SSSR count). The van der Waals surface area contributed by atoms with Gasteiger partial charge in [0, 0.05) is 19.7 Å². The van der Waals surface area contributed by atoms with Gasteiger partial charge in [-0.25, -0.2) is 9.18 Å². The summed E-state index contributed by atoms with van der Waals surface area (Å²) in [6, 6.07) is 4.27. The van der Waals surface area contributed by atoms with Gasteiger partial charge in [-0.3, -0.25) is 4.79 Å². The number of benzene rings is 1. The third-order valence-corrected chi connectivity index (χ3v) is 2.86. The summed E-state index contributed by atoms with van der Waals surface area (Å²) in [5, 5.41) is 2.55. The highest BCUT2D eigenvalue weighted by atomic mass is 19.1. The number of methoxy groups -OCH3 is 2. The Morgan fingerprint density at radius 2 is 2.09 bits per heavy atom. The molecule has 7 heteroatoms. The van der Waals surface area contributed by atoms with Gasteiger partial charge in [0.05, 0.1) is 13.7 Å². The molecule has 1 aromatic rings. The third kappa shape index (κ3) is 6.48. The fraction of sp³-hybridized carbons (Fsp3) is 0.375. The molecule has 0 aliphatic rings. The van der Waals surface area contributed by atoms with Crippen molar-refractivity contribution < 1.29 is 28.2 Å². The van der Waals surface area contributed by atoms with Crippen LogP contribution in [0.15, 0.2) is 24.3 Å². The van der Waals surface area contributed by atoms with Crippen molar-refractivity contribution in [2.75, 3.05) is 27.4 Å². The Kier molecular flexibility index (Phi) is 7.76. The number of halogens is 1. The second-order valence-electron chi connectivity index (χ2n) is 4.59. The van der Waals surface area contributed by atoms with Crippen LogP contribution >= 0.6 is 0 Å². The first-order chi connectivity index (χ1) is 11.0. The largest absolute Gasteiger partial charge is 0.494 e. The molecule has 0 aliphatic heterocycles. The van der Waals surface area contributed by atoms with Gasteiger partial charge in [-0.15, -0.1) is 0 Å². The van der Waals surface area contributed by atoms with Crippen LogP contribution in [0.25, 0.3) is 6.08 Å². The maximum atomic E-state index is 13.5. The summed E-state index contributed by atoms with van der Waals surface area (Å²) in [4.78, 5) is 23.2. The van der Waals surface area contributed by atoms with Crippen LogP contribution in [0.2, 0.25) is 0 Å². The number of ether oxygens (including phenoxy) is 3. The minimum absolute atomic E-state index is 0.117. The van der Waals surface area contributed by atoms with Crippen molar-refractivity contribution in [3.05, 3.63) is 35.7 Å². The first kappa shape index (κ1) is 18.6. The molecule has 1 atom stereocenters. The predicted octanol–water partition coefficient (Wildman–Crippen LogP) is 1.54. The van der Waals surface area contributed by atoms with Crippen molar-refractivity contribution >= 4 is 18.0 Å². The van der Waals surface area contributed by atoms with Gasteiger partial charge in [0.2, 0.25) is 0 Å². The summed E-state index contributed by atoms with van der Waals surface area (Å²) in [5.41, 5.74) is 0.470. The molecule has 0 saturated carbocycles. The molecule has 6 nitrogen and oxygen atoms in total. The van der Waals surface area contributed by atoms with Crippen LogP contribution in [0.3, 0.4) is 0 Å². The van der Waals surface area contributed by atoms with E-state index in [1.807, 2.05) is 0 Å². The summed E-state index contributed by atoms with van der Waals surface area (Å²) in [6.07, 6.45) is 1.58. The van der Waals surface area contributed by atoms with Crippen LogP contribution in [0, 0.1) is 5.82 Å². The Balaban J connectivity index is 2.52. The second kappa shape index (κ2) is 9.58. The van der Waals surface area contributed by atoms with Crippen molar-refractivity contribution in [1.82, 2.24) is 5.32 Å². The first-order valence-electron chi connectivity index (χ1n) is 6.96. The monoisotopic (exact) mass is 325 g/mol. The highest BCUT2D eigenvalue weighted by molar-refractivity contribution is 5.90. The molecule has 0 spiro atoms. The SMILES string of the molecule is COCCNC(=O)[C@H](C)OC(=O)/C=C/c1ccc(OC)c(F)c1. The fourth-order valence-corrected chi connectivity index (χ4v) is 1.64. The van der Waals surface area contributed by atoms with E-state index in [4.69, 9.17) is 14.2 Å². The minimum atomic E-state index is -0.934. The zero-order valence-corrected chi connectivity index (χ0v) is 13.3. The van der Waals surface area contributed by atoms with Crippen LogP contribution < -0.4 is 10.1 Å². The quantitative estimate of drug-likeness (QED) is 0.446. The topological polar surface area (TPSA) is 73.9 Å². The van der Waals surface area contributed by atoms with E-state index in [1.165, 1.54) is 39.4 Å². The number of hydrogen-bond donors (Lipinski definition) is 1. The fourth-order valence-electron chi connectivity index (χ4n) is 1.64. The molecule has 1 amide bonds. The Labute approximate surface area is 134 Å². The molecule has 1 N–H and O–H groups in total. The van der Waals surface area contributed by atoms with Gasteiger partial charge in [-0.1, -0.05) is 6.07 Å². The maximum Gasteiger partial charge on any atom is 0.331 e. The Hall–Kier alpha value is -2.41. The van der Waals surface area contributed by atoms with E-state index in [1.54, 1.807) is 6.07 Å². The number of amides is 1. The summed E-state index contributed by atoms with van der Waals surface area (Å²) in [6.45, 7) is 2.16. The lowest BCUT2D eigenvalue weighted by atomic mass is 10.2. The van der Waals surface area contributed by atoms with E-state index in [0.717, 1.165) is 6.08 Å². The molecular formula is C16H20FNO5. The smallest absolute Gasteiger partial charge is 0.331 e. The van der Waals surface area contributed by atoms with Crippen molar-refractivity contribution in [3.63, 3.8) is 0 Å². The molecule has 0 saturated heterocycles. The van der Waals surface area contributed by atoms with E-state index < -0.39 is 23.8 Å². The van der Waals surface area contributed by atoms with E-state index in [0.29, 0.717) is 18.7 Å². The van der Waals surface area contributed by atoms with E-state index in [-0.39, 0.29) is 5.75 Å². The average molecular weight is 325 g/mol. The summed E-state index contributed by atoms with van der Waals surface area (Å²) in [5.74, 6) is -1.53. The maximum absolute atomic E-state index is 13.5. The van der Waals surface area contributed by atoms with Gasteiger partial charge < -0.3 is 19.5 Å². The lowest BCUT2D eigenvalue weighted by molar-refractivity contribution is -0.150. The lowest BCUT2D eigenvalue weighted by Crippen LogP contribution is -2.37.